The van der Waals surface area contributed by atoms with Crippen LogP contribution in [-0.4, -0.2) is 39.4 Å². The fraction of sp³-hybridized carbons (Fsp3) is 0.200. The molecule has 90 valence electrons. The van der Waals surface area contributed by atoms with Crippen LogP contribution in [0, 0.1) is 0 Å². The summed E-state index contributed by atoms with van der Waals surface area (Å²) in [5.41, 5.74) is 0.406. The number of nitrogens with one attached hydrogen (secondary N) is 1. The van der Waals surface area contributed by atoms with E-state index >= 15 is 0 Å². The average molecular weight is 254 g/mol. The van der Waals surface area contributed by atoms with Gasteiger partial charge in [-0.3, -0.25) is 19.4 Å². The molecule has 17 heavy (non-hydrogen) atoms. The van der Waals surface area contributed by atoms with Gasteiger partial charge in [0.1, 0.15) is 6.54 Å². The number of carboxylic acids is 1. The maximum absolute atomic E-state index is 11.5. The van der Waals surface area contributed by atoms with E-state index in [1.807, 2.05) is 0 Å². The van der Waals surface area contributed by atoms with E-state index < -0.39 is 18.4 Å². The van der Waals surface area contributed by atoms with Gasteiger partial charge in [-0.25, -0.2) is 0 Å². The molecule has 1 aromatic heterocycles. The molecule has 0 atom stereocenters. The van der Waals surface area contributed by atoms with E-state index in [0.717, 1.165) is 11.8 Å². The lowest BCUT2D eigenvalue weighted by atomic mass is 10.3. The first kappa shape index (κ1) is 13.2. The van der Waals surface area contributed by atoms with Crippen LogP contribution >= 0.6 is 11.8 Å². The molecular formula is C10H10N2O4S. The van der Waals surface area contributed by atoms with Crippen LogP contribution in [-0.2, 0) is 9.59 Å². The molecule has 0 spiro atoms. The quantitative estimate of drug-likeness (QED) is 0.776. The highest BCUT2D eigenvalue weighted by Gasteiger charge is 2.10. The molecule has 0 aliphatic rings. The van der Waals surface area contributed by atoms with Gasteiger partial charge >= 0.3 is 5.97 Å². The zero-order valence-electron chi connectivity index (χ0n) is 8.75. The Hall–Kier alpha value is -1.89. The molecule has 0 fully saturated rings. The van der Waals surface area contributed by atoms with Crippen LogP contribution in [0.3, 0.4) is 0 Å². The number of thioether (sulfide) groups is 1. The molecule has 6 nitrogen and oxygen atoms in total. The second-order valence-corrected chi connectivity index (χ2v) is 3.94. The number of hydrogen-bond acceptors (Lipinski definition) is 5. The summed E-state index contributed by atoms with van der Waals surface area (Å²) in [5.74, 6) is -1.72. The average Bonchev–Trinajstić information content (AvgIpc) is 2.34. The third kappa shape index (κ3) is 5.12. The summed E-state index contributed by atoms with van der Waals surface area (Å²) in [7, 11) is 0. The Balaban J connectivity index is 2.34. The molecular weight excluding hydrogens is 244 g/mol. The van der Waals surface area contributed by atoms with Crippen molar-refractivity contribution in [1.29, 1.82) is 0 Å². The largest absolute Gasteiger partial charge is 0.480 e. The molecule has 0 saturated heterocycles. The number of hydrogen-bond donors (Lipinski definition) is 2. The molecule has 2 N–H and O–H groups in total. The lowest BCUT2D eigenvalue weighted by molar-refractivity contribution is -0.137. The van der Waals surface area contributed by atoms with Gasteiger partial charge in [-0.15, -0.1) is 0 Å². The molecule has 7 heteroatoms. The molecule has 1 aromatic rings. The number of aromatic nitrogens is 1. The van der Waals surface area contributed by atoms with Crippen molar-refractivity contribution < 1.29 is 19.5 Å². The molecule has 0 unspecified atom stereocenters. The molecule has 0 aliphatic carbocycles. The zero-order valence-corrected chi connectivity index (χ0v) is 9.57. The molecule has 0 saturated carbocycles. The molecule has 1 rings (SSSR count). The first-order valence-electron chi connectivity index (χ1n) is 4.65. The Labute approximate surface area is 101 Å². The molecule has 0 aliphatic heterocycles. The zero-order chi connectivity index (χ0) is 12.7. The minimum atomic E-state index is -1.12. The predicted octanol–water partition coefficient (Wildman–Crippen LogP) is 0.156. The third-order valence-corrected chi connectivity index (χ3v) is 2.57. The molecule has 0 aromatic carbocycles. The van der Waals surface area contributed by atoms with Crippen LogP contribution < -0.4 is 5.32 Å². The van der Waals surface area contributed by atoms with Gasteiger partial charge in [0.2, 0.25) is 11.0 Å². The Kier molecular flexibility index (Phi) is 5.15. The summed E-state index contributed by atoms with van der Waals surface area (Å²) in [6.45, 7) is -0.444. The summed E-state index contributed by atoms with van der Waals surface area (Å²) < 4.78 is 0. The molecule has 1 amide bonds. The van der Waals surface area contributed by atoms with Gasteiger partial charge in [0.05, 0.1) is 5.75 Å². The van der Waals surface area contributed by atoms with Gasteiger partial charge in [-0.1, -0.05) is 11.8 Å². The van der Waals surface area contributed by atoms with E-state index in [0.29, 0.717) is 5.56 Å². The van der Waals surface area contributed by atoms with Crippen molar-refractivity contribution in [2.75, 3.05) is 12.3 Å². The van der Waals surface area contributed by atoms with Crippen molar-refractivity contribution in [3.05, 3.63) is 30.1 Å². The number of nitrogens with zero attached hydrogens (tertiary/aromatic N) is 1. The van der Waals surface area contributed by atoms with E-state index in [4.69, 9.17) is 5.11 Å². The third-order valence-electron chi connectivity index (χ3n) is 1.67. The van der Waals surface area contributed by atoms with Crippen LogP contribution in [0.4, 0.5) is 0 Å². The highest BCUT2D eigenvalue weighted by atomic mass is 32.2. The first-order chi connectivity index (χ1) is 8.09. The van der Waals surface area contributed by atoms with Crippen LogP contribution in [0.15, 0.2) is 24.5 Å². The number of carbonyl (C=O) groups excluding carboxylic acids is 2. The standard InChI is InChI=1S/C10H10N2O4S/c13-8(12-5-9(14)15)6-17-10(16)7-2-1-3-11-4-7/h1-4H,5-6H2,(H,12,13)(H,14,15). The summed E-state index contributed by atoms with van der Waals surface area (Å²) in [5, 5.41) is 10.2. The lowest BCUT2D eigenvalue weighted by Gasteiger charge is -2.01. The molecule has 0 radical (unpaired) electrons. The number of carboxylic acid groups (broad SMARTS) is 1. The maximum atomic E-state index is 11.5. The topological polar surface area (TPSA) is 96.4 Å². The first-order valence-corrected chi connectivity index (χ1v) is 5.64. The van der Waals surface area contributed by atoms with Crippen LogP contribution in [0.2, 0.25) is 0 Å². The molecule has 0 bridgehead atoms. The Morgan fingerprint density at radius 2 is 2.18 bits per heavy atom. The van der Waals surface area contributed by atoms with Crippen molar-refractivity contribution in [2.24, 2.45) is 0 Å². The minimum absolute atomic E-state index is 0.110. The normalized spacial score (nSPS) is 9.65. The van der Waals surface area contributed by atoms with Gasteiger partial charge in [0.15, 0.2) is 0 Å². The smallest absolute Gasteiger partial charge is 0.322 e. The van der Waals surface area contributed by atoms with Gasteiger partial charge in [0, 0.05) is 18.0 Å². The van der Waals surface area contributed by atoms with Crippen molar-refractivity contribution >= 4 is 28.8 Å². The van der Waals surface area contributed by atoms with Crippen LogP contribution in [0.25, 0.3) is 0 Å². The SMILES string of the molecule is O=C(O)CNC(=O)CSC(=O)c1cccnc1. The molecule has 1 heterocycles. The highest BCUT2D eigenvalue weighted by molar-refractivity contribution is 8.14. The second kappa shape index (κ2) is 6.64. The summed E-state index contributed by atoms with van der Waals surface area (Å²) >= 11 is 0.805. The van der Waals surface area contributed by atoms with E-state index in [1.54, 1.807) is 18.3 Å². The second-order valence-electron chi connectivity index (χ2n) is 2.99. The summed E-state index contributed by atoms with van der Waals surface area (Å²) in [6.07, 6.45) is 2.95. The fourth-order valence-electron chi connectivity index (χ4n) is 0.923. The Bertz CT molecular complexity index is 422. The minimum Gasteiger partial charge on any atom is -0.480 e. The van der Waals surface area contributed by atoms with Gasteiger partial charge in [-0.2, -0.15) is 0 Å². The number of amides is 1. The van der Waals surface area contributed by atoms with Crippen molar-refractivity contribution in [3.8, 4) is 0 Å². The van der Waals surface area contributed by atoms with Gasteiger partial charge in [-0.05, 0) is 12.1 Å². The van der Waals surface area contributed by atoms with E-state index in [2.05, 4.69) is 10.3 Å². The Morgan fingerprint density at radius 3 is 2.76 bits per heavy atom. The number of aliphatic carboxylic acids is 1. The van der Waals surface area contributed by atoms with Gasteiger partial charge < -0.3 is 10.4 Å². The van der Waals surface area contributed by atoms with Crippen molar-refractivity contribution in [3.63, 3.8) is 0 Å². The Morgan fingerprint density at radius 1 is 1.41 bits per heavy atom. The van der Waals surface area contributed by atoms with Crippen molar-refractivity contribution in [2.45, 2.75) is 0 Å². The highest BCUT2D eigenvalue weighted by Crippen LogP contribution is 2.10. The van der Waals surface area contributed by atoms with Crippen LogP contribution in [0.1, 0.15) is 10.4 Å². The number of pyridine rings is 1. The number of rotatable bonds is 5. The van der Waals surface area contributed by atoms with Crippen molar-refractivity contribution in [1.82, 2.24) is 10.3 Å². The van der Waals surface area contributed by atoms with E-state index in [9.17, 15) is 14.4 Å². The predicted molar refractivity (Wildman–Crippen MR) is 61.7 cm³/mol. The fourth-order valence-corrected chi connectivity index (χ4v) is 1.57. The summed E-state index contributed by atoms with van der Waals surface area (Å²) in [6, 6.07) is 3.22. The van der Waals surface area contributed by atoms with E-state index in [-0.39, 0.29) is 10.9 Å². The monoisotopic (exact) mass is 254 g/mol. The van der Waals surface area contributed by atoms with Crippen LogP contribution in [0.5, 0.6) is 0 Å². The lowest BCUT2D eigenvalue weighted by Crippen LogP contribution is -2.30. The maximum Gasteiger partial charge on any atom is 0.322 e. The van der Waals surface area contributed by atoms with Gasteiger partial charge in [0.25, 0.3) is 0 Å². The summed E-state index contributed by atoms with van der Waals surface area (Å²) in [4.78, 5) is 36.6. The van der Waals surface area contributed by atoms with E-state index in [1.165, 1.54) is 6.20 Å². The number of carbonyl (C=O) groups is 3.